The topological polar surface area (TPSA) is 59.1 Å². The van der Waals surface area contributed by atoms with Gasteiger partial charge in [0.1, 0.15) is 0 Å². The Labute approximate surface area is 320 Å². The number of ether oxygens (including phenoxy) is 2. The van der Waals surface area contributed by atoms with Crippen LogP contribution in [0, 0.1) is 17.8 Å². The van der Waals surface area contributed by atoms with Crippen molar-refractivity contribution in [2.24, 2.45) is 17.8 Å². The molecule has 2 rings (SSSR count). The Balaban J connectivity index is 2.02. The lowest BCUT2D eigenvalue weighted by molar-refractivity contribution is -0.145. The molecule has 0 aliphatic carbocycles. The van der Waals surface area contributed by atoms with E-state index in [9.17, 15) is 9.59 Å². The molecule has 52 heavy (non-hydrogen) atoms. The maximum absolute atomic E-state index is 13.2. The number of hydrogen-bond donors (Lipinski definition) is 0. The van der Waals surface area contributed by atoms with E-state index in [1.54, 1.807) is 0 Å². The van der Waals surface area contributed by atoms with Crippen LogP contribution < -0.4 is 0 Å². The van der Waals surface area contributed by atoms with E-state index in [-0.39, 0.29) is 23.8 Å². The van der Waals surface area contributed by atoms with Crippen molar-refractivity contribution in [3.63, 3.8) is 0 Å². The van der Waals surface area contributed by atoms with Crippen molar-refractivity contribution in [2.75, 3.05) is 53.0 Å². The molecule has 0 aromatic heterocycles. The van der Waals surface area contributed by atoms with Crippen molar-refractivity contribution >= 4 is 11.9 Å². The van der Waals surface area contributed by atoms with E-state index in [0.29, 0.717) is 26.1 Å². The van der Waals surface area contributed by atoms with Crippen LogP contribution in [0.15, 0.2) is 29.3 Å². The monoisotopic (exact) mass is 725 g/mol. The number of hydrogen-bond acceptors (Lipinski definition) is 6. The molecule has 2 saturated heterocycles. The number of carbonyl (C=O) groups excluding carboxylic acids is 2. The summed E-state index contributed by atoms with van der Waals surface area (Å²) in [6.45, 7) is 15.2. The molecule has 0 aromatic rings. The molecule has 6 heteroatoms. The fourth-order valence-corrected chi connectivity index (χ4v) is 8.15. The summed E-state index contributed by atoms with van der Waals surface area (Å²) in [6.07, 6.45) is 28.7. The highest BCUT2D eigenvalue weighted by molar-refractivity contribution is 5.71. The van der Waals surface area contributed by atoms with Gasteiger partial charge < -0.3 is 19.3 Å². The zero-order valence-corrected chi connectivity index (χ0v) is 34.3. The summed E-state index contributed by atoms with van der Waals surface area (Å²) in [7, 11) is 2.24. The van der Waals surface area contributed by atoms with Gasteiger partial charge in [0.2, 0.25) is 0 Å². The van der Waals surface area contributed by atoms with E-state index in [0.717, 1.165) is 88.5 Å². The van der Waals surface area contributed by atoms with E-state index in [1.807, 2.05) is 0 Å². The van der Waals surface area contributed by atoms with E-state index < -0.39 is 0 Å². The number of carbonyl (C=O) groups is 2. The van der Waals surface area contributed by atoms with Crippen LogP contribution in [0.2, 0.25) is 0 Å². The molecule has 0 N–H and O–H groups in total. The summed E-state index contributed by atoms with van der Waals surface area (Å²) in [5, 5.41) is 0. The molecule has 298 valence electrons. The van der Waals surface area contributed by atoms with Crippen LogP contribution in [0.4, 0.5) is 0 Å². The van der Waals surface area contributed by atoms with Crippen molar-refractivity contribution in [1.29, 1.82) is 0 Å². The normalized spacial score (nSPS) is 24.2. The van der Waals surface area contributed by atoms with E-state index in [2.05, 4.69) is 54.5 Å². The maximum Gasteiger partial charge on any atom is 0.306 e. The second-order valence-corrected chi connectivity index (χ2v) is 16.1. The number of allylic oxidation sites excluding steroid dienone is 1. The number of piperazine rings is 1. The van der Waals surface area contributed by atoms with Gasteiger partial charge in [-0.15, -0.1) is 0 Å². The van der Waals surface area contributed by atoms with Crippen LogP contribution in [0.25, 0.3) is 0 Å². The van der Waals surface area contributed by atoms with Crippen LogP contribution in [0.5, 0.6) is 0 Å². The van der Waals surface area contributed by atoms with Gasteiger partial charge in [-0.3, -0.25) is 9.59 Å². The third-order valence-corrected chi connectivity index (χ3v) is 11.5. The van der Waals surface area contributed by atoms with Gasteiger partial charge in [0.15, 0.2) is 0 Å². The molecule has 2 aliphatic heterocycles. The summed E-state index contributed by atoms with van der Waals surface area (Å²) in [5.41, 5.74) is 10.0. The van der Waals surface area contributed by atoms with Gasteiger partial charge in [0, 0.05) is 26.2 Å². The van der Waals surface area contributed by atoms with Gasteiger partial charge in [-0.2, -0.15) is 0 Å². The summed E-state index contributed by atoms with van der Waals surface area (Å²) in [6, 6.07) is 0. The minimum atomic E-state index is -0.140. The third kappa shape index (κ3) is 22.9. The first kappa shape index (κ1) is 46.1. The molecule has 2 fully saturated rings. The lowest BCUT2D eigenvalue weighted by Gasteiger charge is -2.32. The Morgan fingerprint density at radius 2 is 1.12 bits per heavy atom. The molecule has 0 saturated carbocycles. The molecule has 0 bridgehead atoms. The average molecular weight is 725 g/mol. The average Bonchev–Trinajstić information content (AvgIpc) is 3.13. The first-order valence-corrected chi connectivity index (χ1v) is 22.1. The number of nitrogens with zero attached hydrogens (tertiary/aromatic N) is 2. The number of unbranched alkanes of at least 4 members (excludes halogenated alkanes) is 4. The molecular weight excluding hydrogens is 645 g/mol. The summed E-state index contributed by atoms with van der Waals surface area (Å²) in [5.74, 6) is 0.513. The summed E-state index contributed by atoms with van der Waals surface area (Å²) in [4.78, 5) is 31.6. The Morgan fingerprint density at radius 1 is 0.635 bits per heavy atom. The van der Waals surface area contributed by atoms with Gasteiger partial charge in [-0.1, -0.05) is 141 Å². The van der Waals surface area contributed by atoms with Crippen molar-refractivity contribution in [3.8, 4) is 0 Å². The fraction of sp³-hybridized carbons (Fsp3) is 0.848. The van der Waals surface area contributed by atoms with E-state index in [1.165, 1.54) is 110 Å². The largest absolute Gasteiger partial charge is 0.466 e. The number of cyclic esters (lactones) is 2. The summed E-state index contributed by atoms with van der Waals surface area (Å²) >= 11 is 0. The van der Waals surface area contributed by atoms with Gasteiger partial charge in [0.05, 0.1) is 26.1 Å². The Kier molecular flexibility index (Phi) is 27.8. The zero-order chi connectivity index (χ0) is 37.5. The minimum absolute atomic E-state index is 0.0338. The molecule has 0 amide bonds. The highest BCUT2D eigenvalue weighted by Gasteiger charge is 2.28. The van der Waals surface area contributed by atoms with Gasteiger partial charge in [-0.25, -0.2) is 0 Å². The van der Waals surface area contributed by atoms with E-state index in [4.69, 9.17) is 9.47 Å². The first-order valence-electron chi connectivity index (χ1n) is 22.1. The standard InChI is InChI=1S/C46H80N2O4/c1-5-8-19-29-42-39-45(49)51-37-23-17-13-11-15-21-26-41(28-25-32-48-35-33-47(4)34-36-48)27-22-16-12-14-18-24-38-52-46(50)40-43(30-20-9-6-2)44(42)31-10-7-3/h41-43H,3,5-6,8-9,11-30,32-40H2,1-2,4H3. The molecular formula is C46H80N2O4. The highest BCUT2D eigenvalue weighted by Crippen LogP contribution is 2.34. The Morgan fingerprint density at radius 3 is 1.60 bits per heavy atom. The predicted octanol–water partition coefficient (Wildman–Crippen LogP) is 11.4. The second-order valence-electron chi connectivity index (χ2n) is 16.1. The zero-order valence-electron chi connectivity index (χ0n) is 34.3. The van der Waals surface area contributed by atoms with Gasteiger partial charge >= 0.3 is 11.9 Å². The van der Waals surface area contributed by atoms with Crippen LogP contribution in [-0.2, 0) is 19.1 Å². The van der Waals surface area contributed by atoms with Crippen molar-refractivity contribution < 1.29 is 19.1 Å². The fourth-order valence-electron chi connectivity index (χ4n) is 8.15. The highest BCUT2D eigenvalue weighted by atomic mass is 16.5. The molecule has 0 aromatic carbocycles. The van der Waals surface area contributed by atoms with Crippen LogP contribution in [0.3, 0.4) is 0 Å². The number of rotatable bonds is 12. The van der Waals surface area contributed by atoms with E-state index >= 15 is 0 Å². The molecule has 6 nitrogen and oxygen atoms in total. The minimum Gasteiger partial charge on any atom is -0.466 e. The molecule has 2 unspecified atom stereocenters. The second kappa shape index (κ2) is 31.3. The first-order chi connectivity index (χ1) is 25.5. The molecule has 0 spiro atoms. The molecule has 0 radical (unpaired) electrons. The van der Waals surface area contributed by atoms with Crippen LogP contribution in [-0.4, -0.2) is 74.7 Å². The number of esters is 2. The van der Waals surface area contributed by atoms with Gasteiger partial charge in [0.25, 0.3) is 0 Å². The van der Waals surface area contributed by atoms with Crippen molar-refractivity contribution in [1.82, 2.24) is 9.80 Å². The van der Waals surface area contributed by atoms with Crippen LogP contribution in [0.1, 0.15) is 181 Å². The van der Waals surface area contributed by atoms with Crippen LogP contribution >= 0.6 is 0 Å². The van der Waals surface area contributed by atoms with Crippen molar-refractivity contribution in [2.45, 2.75) is 181 Å². The molecule has 2 atom stereocenters. The van der Waals surface area contributed by atoms with Crippen molar-refractivity contribution in [3.05, 3.63) is 29.3 Å². The van der Waals surface area contributed by atoms with Gasteiger partial charge in [-0.05, 0) is 87.8 Å². The molecule has 2 aliphatic rings. The molecule has 2 heterocycles. The SMILES string of the molecule is C=C=C=C=C1C(CCCCC)CC(=O)OCCCCCCCCC(CCCN2CCN(C)CC2)CCCCCCCCOC(=O)CC1CCCCC. The summed E-state index contributed by atoms with van der Waals surface area (Å²) < 4.78 is 11.6. The predicted molar refractivity (Wildman–Crippen MR) is 217 cm³/mol. The lowest BCUT2D eigenvalue weighted by atomic mass is 9.79. The maximum atomic E-state index is 13.2. The quantitative estimate of drug-likeness (QED) is 0.113. The smallest absolute Gasteiger partial charge is 0.306 e. The Bertz CT molecular complexity index is 995. The number of likely N-dealkylation sites (N-methyl/N-ethyl adjacent to an activating group) is 1. The third-order valence-electron chi connectivity index (χ3n) is 11.5. The Hall–Kier alpha value is -2.06. The lowest BCUT2D eigenvalue weighted by Crippen LogP contribution is -2.44.